The number of methoxy groups -OCH3 is 1. The molecule has 5 heteroatoms. The van der Waals surface area contributed by atoms with Gasteiger partial charge in [0.25, 0.3) is 0 Å². The van der Waals surface area contributed by atoms with Crippen molar-refractivity contribution in [2.24, 2.45) is 0 Å². The maximum atomic E-state index is 12.8. The van der Waals surface area contributed by atoms with E-state index in [0.717, 1.165) is 24.8 Å². The molecular formula is C30H32O5. The number of Topliss-reactive ketones (excluding diaryl/α,β-unsaturated/α-hetero) is 2. The van der Waals surface area contributed by atoms with E-state index >= 15 is 0 Å². The number of benzene rings is 3. The van der Waals surface area contributed by atoms with Gasteiger partial charge < -0.3 is 9.47 Å². The summed E-state index contributed by atoms with van der Waals surface area (Å²) in [6.07, 6.45) is 3.34. The molecule has 0 heterocycles. The summed E-state index contributed by atoms with van der Waals surface area (Å²) < 4.78 is 10.1. The molecular weight excluding hydrogens is 440 g/mol. The zero-order chi connectivity index (χ0) is 25.5. The average molecular weight is 473 g/mol. The van der Waals surface area contributed by atoms with Crippen molar-refractivity contribution in [1.29, 1.82) is 0 Å². The summed E-state index contributed by atoms with van der Waals surface area (Å²) in [5.41, 5.74) is 2.61. The fraction of sp³-hybridized carbons (Fsp3) is 0.233. The zero-order valence-corrected chi connectivity index (χ0v) is 20.3. The first-order valence-corrected chi connectivity index (χ1v) is 11.6. The van der Waals surface area contributed by atoms with Crippen molar-refractivity contribution in [3.05, 3.63) is 120 Å². The molecule has 182 valence electrons. The largest absolute Gasteiger partial charge is 0.458 e. The number of hydrogen-bond donors (Lipinski definition) is 0. The molecule has 5 nitrogen and oxygen atoms in total. The lowest BCUT2D eigenvalue weighted by Gasteiger charge is -2.15. The molecule has 0 spiro atoms. The van der Waals surface area contributed by atoms with Gasteiger partial charge in [-0.15, -0.1) is 0 Å². The molecule has 0 saturated heterocycles. The van der Waals surface area contributed by atoms with E-state index in [2.05, 4.69) is 13.5 Å². The van der Waals surface area contributed by atoms with Crippen LogP contribution in [0.15, 0.2) is 97.6 Å². The highest BCUT2D eigenvalue weighted by atomic mass is 16.5. The summed E-state index contributed by atoms with van der Waals surface area (Å²) in [5, 5.41) is 0. The van der Waals surface area contributed by atoms with Crippen molar-refractivity contribution >= 4 is 17.5 Å². The van der Waals surface area contributed by atoms with Crippen molar-refractivity contribution < 1.29 is 23.9 Å². The Kier molecular flexibility index (Phi) is 11.9. The number of esters is 1. The fourth-order valence-electron chi connectivity index (χ4n) is 3.37. The van der Waals surface area contributed by atoms with Gasteiger partial charge in [-0.2, -0.15) is 0 Å². The van der Waals surface area contributed by atoms with E-state index < -0.39 is 6.10 Å². The molecule has 0 saturated carbocycles. The van der Waals surface area contributed by atoms with Crippen LogP contribution in [0.5, 0.6) is 0 Å². The van der Waals surface area contributed by atoms with Gasteiger partial charge in [-0.05, 0) is 30.5 Å². The van der Waals surface area contributed by atoms with Crippen LogP contribution in [0.1, 0.15) is 56.4 Å². The van der Waals surface area contributed by atoms with Crippen LogP contribution in [0.3, 0.4) is 0 Å². The number of unbranched alkanes of at least 4 members (excludes halogenated alkanes) is 1. The Morgan fingerprint density at radius 2 is 1.40 bits per heavy atom. The minimum atomic E-state index is -1.10. The van der Waals surface area contributed by atoms with Gasteiger partial charge in [0.1, 0.15) is 6.61 Å². The predicted molar refractivity (Wildman–Crippen MR) is 138 cm³/mol. The number of hydrogen-bond acceptors (Lipinski definition) is 5. The molecule has 1 unspecified atom stereocenters. The highest BCUT2D eigenvalue weighted by Gasteiger charge is 2.29. The number of ketones is 2. The number of carbonyl (C=O) groups excluding carboxylic acids is 3. The van der Waals surface area contributed by atoms with Crippen LogP contribution in [-0.4, -0.2) is 37.4 Å². The lowest BCUT2D eigenvalue weighted by atomic mass is 9.93. The van der Waals surface area contributed by atoms with Crippen LogP contribution in [0.4, 0.5) is 0 Å². The third-order valence-corrected chi connectivity index (χ3v) is 5.19. The molecule has 0 fully saturated rings. The summed E-state index contributed by atoms with van der Waals surface area (Å²) in [5.74, 6) is -0.882. The minimum absolute atomic E-state index is 0.258. The van der Waals surface area contributed by atoms with Gasteiger partial charge in [0.05, 0.1) is 5.56 Å². The normalized spacial score (nSPS) is 10.9. The van der Waals surface area contributed by atoms with E-state index in [4.69, 9.17) is 9.47 Å². The molecule has 3 aromatic rings. The Morgan fingerprint density at radius 1 is 0.829 bits per heavy atom. The van der Waals surface area contributed by atoms with Gasteiger partial charge in [0.15, 0.2) is 17.7 Å². The fourth-order valence-corrected chi connectivity index (χ4v) is 3.37. The average Bonchev–Trinajstić information content (AvgIpc) is 2.92. The standard InChI is InChI=1S/C20H22O3.C10H10O2/c1-3-4-10-15-11-8-9-14-17(15)19(22)20(23-2)18(21)16-12-6-5-7-13-16;1-2-8-12-10(11)9-6-4-3-5-7-9/h5-9,11-14,20H,3-4,10H2,1-2H3;2-7H,1,8H2. The number of ether oxygens (including phenoxy) is 2. The van der Waals surface area contributed by atoms with Gasteiger partial charge in [0.2, 0.25) is 0 Å². The minimum Gasteiger partial charge on any atom is -0.458 e. The van der Waals surface area contributed by atoms with Crippen molar-refractivity contribution in [2.75, 3.05) is 13.7 Å². The van der Waals surface area contributed by atoms with E-state index in [9.17, 15) is 14.4 Å². The van der Waals surface area contributed by atoms with Crippen molar-refractivity contribution in [2.45, 2.75) is 32.3 Å². The summed E-state index contributed by atoms with van der Waals surface area (Å²) >= 11 is 0. The van der Waals surface area contributed by atoms with Crippen LogP contribution in [0.2, 0.25) is 0 Å². The second-order valence-corrected chi connectivity index (χ2v) is 7.72. The Balaban J connectivity index is 0.000000303. The van der Waals surface area contributed by atoms with E-state index in [-0.39, 0.29) is 24.1 Å². The molecule has 3 aromatic carbocycles. The monoisotopic (exact) mass is 472 g/mol. The first kappa shape index (κ1) is 27.4. The Morgan fingerprint density at radius 3 is 1.97 bits per heavy atom. The van der Waals surface area contributed by atoms with Gasteiger partial charge >= 0.3 is 5.97 Å². The molecule has 0 aromatic heterocycles. The third kappa shape index (κ3) is 8.47. The summed E-state index contributed by atoms with van der Waals surface area (Å²) in [6.45, 7) is 5.82. The molecule has 0 amide bonds. The highest BCUT2D eigenvalue weighted by Crippen LogP contribution is 2.18. The Labute approximate surface area is 207 Å². The summed E-state index contributed by atoms with van der Waals surface area (Å²) in [6, 6.07) is 25.1. The first-order valence-electron chi connectivity index (χ1n) is 11.6. The Bertz CT molecular complexity index is 1090. The van der Waals surface area contributed by atoms with Crippen LogP contribution >= 0.6 is 0 Å². The smallest absolute Gasteiger partial charge is 0.338 e. The summed E-state index contributed by atoms with van der Waals surface area (Å²) in [7, 11) is 1.40. The second-order valence-electron chi connectivity index (χ2n) is 7.72. The number of carbonyl (C=O) groups is 3. The van der Waals surface area contributed by atoms with Gasteiger partial charge in [-0.1, -0.05) is 98.8 Å². The molecule has 35 heavy (non-hydrogen) atoms. The van der Waals surface area contributed by atoms with Crippen LogP contribution in [0.25, 0.3) is 0 Å². The highest BCUT2D eigenvalue weighted by molar-refractivity contribution is 6.19. The molecule has 0 radical (unpaired) electrons. The number of rotatable bonds is 11. The van der Waals surface area contributed by atoms with Crippen LogP contribution in [-0.2, 0) is 15.9 Å². The van der Waals surface area contributed by atoms with Crippen LogP contribution in [0, 0.1) is 0 Å². The molecule has 1 atom stereocenters. The lowest BCUT2D eigenvalue weighted by molar-refractivity contribution is 0.0510. The number of aryl methyl sites for hydroxylation is 1. The maximum absolute atomic E-state index is 12.8. The van der Waals surface area contributed by atoms with E-state index in [0.29, 0.717) is 16.7 Å². The quantitative estimate of drug-likeness (QED) is 0.145. The van der Waals surface area contributed by atoms with Gasteiger partial charge in [-0.25, -0.2) is 4.79 Å². The second kappa shape index (κ2) is 15.1. The van der Waals surface area contributed by atoms with Crippen molar-refractivity contribution in [3.63, 3.8) is 0 Å². The molecule has 0 aliphatic heterocycles. The lowest BCUT2D eigenvalue weighted by Crippen LogP contribution is -2.32. The van der Waals surface area contributed by atoms with Crippen molar-refractivity contribution in [1.82, 2.24) is 0 Å². The zero-order valence-electron chi connectivity index (χ0n) is 20.3. The van der Waals surface area contributed by atoms with E-state index in [1.807, 2.05) is 30.3 Å². The molecule has 0 bridgehead atoms. The van der Waals surface area contributed by atoms with Gasteiger partial charge in [0, 0.05) is 18.2 Å². The topological polar surface area (TPSA) is 69.7 Å². The molecule has 0 N–H and O–H groups in total. The van der Waals surface area contributed by atoms with E-state index in [1.54, 1.807) is 60.7 Å². The maximum Gasteiger partial charge on any atom is 0.338 e. The molecule has 0 aliphatic rings. The van der Waals surface area contributed by atoms with E-state index in [1.165, 1.54) is 7.11 Å². The van der Waals surface area contributed by atoms with Crippen LogP contribution < -0.4 is 0 Å². The SMILES string of the molecule is C=CCOC(=O)c1ccccc1.CCCCc1ccccc1C(=O)C(OC)C(=O)c1ccccc1. The third-order valence-electron chi connectivity index (χ3n) is 5.19. The molecule has 0 aliphatic carbocycles. The summed E-state index contributed by atoms with van der Waals surface area (Å²) in [4.78, 5) is 36.5. The predicted octanol–water partition coefficient (Wildman–Crippen LogP) is 6.14. The Hall–Kier alpha value is -3.83. The van der Waals surface area contributed by atoms with Gasteiger partial charge in [-0.3, -0.25) is 9.59 Å². The first-order chi connectivity index (χ1) is 17.0. The molecule has 3 rings (SSSR count). The van der Waals surface area contributed by atoms with Crippen molar-refractivity contribution in [3.8, 4) is 0 Å².